The zero-order chi connectivity index (χ0) is 9.90. The van der Waals surface area contributed by atoms with E-state index in [-0.39, 0.29) is 11.8 Å². The summed E-state index contributed by atoms with van der Waals surface area (Å²) in [4.78, 5) is 23.0. The molecule has 4 heteroatoms. The van der Waals surface area contributed by atoms with Gasteiger partial charge in [-0.2, -0.15) is 0 Å². The van der Waals surface area contributed by atoms with Gasteiger partial charge in [0.1, 0.15) is 5.41 Å². The first-order chi connectivity index (χ1) is 6.11. The molecule has 0 aromatic heterocycles. The van der Waals surface area contributed by atoms with E-state index in [2.05, 4.69) is 10.6 Å². The summed E-state index contributed by atoms with van der Waals surface area (Å²) in [5, 5.41) is 5.40. The van der Waals surface area contributed by atoms with E-state index in [1.165, 1.54) is 0 Å². The summed E-state index contributed by atoms with van der Waals surface area (Å²) in [7, 11) is 0. The third-order valence-corrected chi connectivity index (χ3v) is 2.48. The van der Waals surface area contributed by atoms with Gasteiger partial charge in [-0.15, -0.1) is 0 Å². The number of hydrogen-bond donors (Lipinski definition) is 2. The van der Waals surface area contributed by atoms with E-state index in [0.717, 1.165) is 6.42 Å². The van der Waals surface area contributed by atoms with E-state index in [4.69, 9.17) is 0 Å². The number of carbonyl (C=O) groups excluding carboxylic acids is 2. The van der Waals surface area contributed by atoms with Gasteiger partial charge < -0.3 is 10.6 Å². The number of amides is 2. The third kappa shape index (κ3) is 1.82. The van der Waals surface area contributed by atoms with E-state index in [1.54, 1.807) is 6.92 Å². The lowest BCUT2D eigenvalue weighted by Crippen LogP contribution is -2.52. The average molecular weight is 184 g/mol. The van der Waals surface area contributed by atoms with E-state index in [1.807, 2.05) is 6.92 Å². The molecule has 0 bridgehead atoms. The van der Waals surface area contributed by atoms with Gasteiger partial charge in [0.15, 0.2) is 0 Å². The van der Waals surface area contributed by atoms with Gasteiger partial charge in [-0.25, -0.2) is 0 Å². The Bertz CT molecular complexity index is 228. The normalized spacial score (nSPS) is 28.0. The van der Waals surface area contributed by atoms with Crippen molar-refractivity contribution in [1.82, 2.24) is 10.6 Å². The summed E-state index contributed by atoms with van der Waals surface area (Å²) >= 11 is 0. The fourth-order valence-corrected chi connectivity index (χ4v) is 1.52. The van der Waals surface area contributed by atoms with Crippen molar-refractivity contribution in [3.8, 4) is 0 Å². The molecule has 0 saturated carbocycles. The molecule has 0 radical (unpaired) electrons. The van der Waals surface area contributed by atoms with Crippen LogP contribution >= 0.6 is 0 Å². The fourth-order valence-electron chi connectivity index (χ4n) is 1.52. The Morgan fingerprint density at radius 2 is 2.38 bits per heavy atom. The maximum absolute atomic E-state index is 11.6. The summed E-state index contributed by atoms with van der Waals surface area (Å²) in [6.45, 7) is 4.81. The molecule has 1 aliphatic heterocycles. The maximum atomic E-state index is 11.6. The number of piperidine rings is 1. The van der Waals surface area contributed by atoms with Crippen molar-refractivity contribution in [3.63, 3.8) is 0 Å². The average Bonchev–Trinajstić information content (AvgIpc) is 2.11. The van der Waals surface area contributed by atoms with Crippen LogP contribution in [0, 0.1) is 5.41 Å². The minimum Gasteiger partial charge on any atom is -0.355 e. The topological polar surface area (TPSA) is 58.2 Å². The number of rotatable bonds is 2. The Balaban J connectivity index is 2.71. The first-order valence-corrected chi connectivity index (χ1v) is 4.68. The van der Waals surface area contributed by atoms with Crippen molar-refractivity contribution in [2.75, 3.05) is 13.1 Å². The quantitative estimate of drug-likeness (QED) is 0.595. The maximum Gasteiger partial charge on any atom is 0.235 e. The van der Waals surface area contributed by atoms with Crippen molar-refractivity contribution in [2.24, 2.45) is 5.41 Å². The number of nitrogens with one attached hydrogen (secondary N) is 2. The molecule has 1 saturated heterocycles. The van der Waals surface area contributed by atoms with Crippen LogP contribution in [0.3, 0.4) is 0 Å². The van der Waals surface area contributed by atoms with Gasteiger partial charge >= 0.3 is 0 Å². The lowest BCUT2D eigenvalue weighted by Gasteiger charge is -2.30. The molecule has 0 aromatic rings. The first kappa shape index (κ1) is 10.0. The van der Waals surface area contributed by atoms with E-state index >= 15 is 0 Å². The molecule has 1 aliphatic rings. The minimum atomic E-state index is -0.853. The summed E-state index contributed by atoms with van der Waals surface area (Å²) in [6, 6.07) is 0. The largest absolute Gasteiger partial charge is 0.355 e. The van der Waals surface area contributed by atoms with Crippen LogP contribution in [0.2, 0.25) is 0 Å². The van der Waals surface area contributed by atoms with Crippen LogP contribution < -0.4 is 10.6 Å². The second kappa shape index (κ2) is 3.77. The van der Waals surface area contributed by atoms with Gasteiger partial charge in [-0.3, -0.25) is 9.59 Å². The highest BCUT2D eigenvalue weighted by atomic mass is 16.2. The molecule has 4 nitrogen and oxygen atoms in total. The smallest absolute Gasteiger partial charge is 0.235 e. The Labute approximate surface area is 78.1 Å². The van der Waals surface area contributed by atoms with E-state index in [0.29, 0.717) is 19.5 Å². The minimum absolute atomic E-state index is 0.148. The van der Waals surface area contributed by atoms with Crippen molar-refractivity contribution >= 4 is 11.8 Å². The molecule has 74 valence electrons. The SMILES string of the molecule is CCNC(=O)C1(C)CCCNC1=O. The van der Waals surface area contributed by atoms with Crippen molar-refractivity contribution < 1.29 is 9.59 Å². The Morgan fingerprint density at radius 1 is 1.69 bits per heavy atom. The lowest BCUT2D eigenvalue weighted by molar-refractivity contribution is -0.144. The summed E-state index contributed by atoms with van der Waals surface area (Å²) in [6.07, 6.45) is 1.52. The van der Waals surface area contributed by atoms with Crippen molar-refractivity contribution in [1.29, 1.82) is 0 Å². The molecule has 13 heavy (non-hydrogen) atoms. The van der Waals surface area contributed by atoms with Gasteiger partial charge in [0.2, 0.25) is 11.8 Å². The Hall–Kier alpha value is -1.06. The molecule has 1 rings (SSSR count). The molecule has 1 atom stereocenters. The van der Waals surface area contributed by atoms with Crippen LogP contribution in [-0.2, 0) is 9.59 Å². The van der Waals surface area contributed by atoms with Gasteiger partial charge in [-0.1, -0.05) is 0 Å². The van der Waals surface area contributed by atoms with Crippen LogP contribution in [0.1, 0.15) is 26.7 Å². The van der Waals surface area contributed by atoms with Crippen LogP contribution in [0.25, 0.3) is 0 Å². The molecule has 1 heterocycles. The molecule has 0 spiro atoms. The molecule has 1 fully saturated rings. The zero-order valence-electron chi connectivity index (χ0n) is 8.14. The Morgan fingerprint density at radius 3 is 2.92 bits per heavy atom. The van der Waals surface area contributed by atoms with E-state index < -0.39 is 5.41 Å². The molecule has 2 amide bonds. The van der Waals surface area contributed by atoms with Crippen LogP contribution in [-0.4, -0.2) is 24.9 Å². The molecular weight excluding hydrogens is 168 g/mol. The molecule has 1 unspecified atom stereocenters. The second-order valence-electron chi connectivity index (χ2n) is 3.55. The van der Waals surface area contributed by atoms with Gasteiger partial charge in [-0.05, 0) is 26.7 Å². The van der Waals surface area contributed by atoms with Crippen molar-refractivity contribution in [2.45, 2.75) is 26.7 Å². The van der Waals surface area contributed by atoms with Gasteiger partial charge in [0, 0.05) is 13.1 Å². The predicted molar refractivity (Wildman–Crippen MR) is 49.0 cm³/mol. The molecule has 0 aliphatic carbocycles. The molecular formula is C9H16N2O2. The zero-order valence-corrected chi connectivity index (χ0v) is 8.14. The summed E-state index contributed by atoms with van der Waals surface area (Å²) < 4.78 is 0. The highest BCUT2D eigenvalue weighted by Crippen LogP contribution is 2.26. The van der Waals surface area contributed by atoms with Crippen LogP contribution in [0.15, 0.2) is 0 Å². The predicted octanol–water partition coefficient (Wildman–Crippen LogP) is 0.0388. The molecule has 0 aromatic carbocycles. The van der Waals surface area contributed by atoms with E-state index in [9.17, 15) is 9.59 Å². The highest BCUT2D eigenvalue weighted by Gasteiger charge is 2.42. The summed E-state index contributed by atoms with van der Waals surface area (Å²) in [5.41, 5.74) is -0.853. The monoisotopic (exact) mass is 184 g/mol. The van der Waals surface area contributed by atoms with Gasteiger partial charge in [0.25, 0.3) is 0 Å². The highest BCUT2D eigenvalue weighted by molar-refractivity contribution is 6.04. The van der Waals surface area contributed by atoms with Crippen molar-refractivity contribution in [3.05, 3.63) is 0 Å². The molecule has 2 N–H and O–H groups in total. The first-order valence-electron chi connectivity index (χ1n) is 4.68. The van der Waals surface area contributed by atoms with Gasteiger partial charge in [0.05, 0.1) is 0 Å². The van der Waals surface area contributed by atoms with Crippen LogP contribution in [0.5, 0.6) is 0 Å². The fraction of sp³-hybridized carbons (Fsp3) is 0.778. The van der Waals surface area contributed by atoms with Crippen LogP contribution in [0.4, 0.5) is 0 Å². The number of hydrogen-bond acceptors (Lipinski definition) is 2. The Kier molecular flexibility index (Phi) is 2.90. The summed E-state index contributed by atoms with van der Waals surface area (Å²) in [5.74, 6) is -0.308. The third-order valence-electron chi connectivity index (χ3n) is 2.48. The number of carbonyl (C=O) groups is 2. The lowest BCUT2D eigenvalue weighted by atomic mass is 9.81. The standard InChI is InChI=1S/C9H16N2O2/c1-3-10-7(12)9(2)5-4-6-11-8(9)13/h3-6H2,1-2H3,(H,10,12)(H,11,13). The second-order valence-corrected chi connectivity index (χ2v) is 3.55.